The summed E-state index contributed by atoms with van der Waals surface area (Å²) < 4.78 is 0. The number of hydrogen-bond donors (Lipinski definition) is 0. The van der Waals surface area contributed by atoms with Crippen LogP contribution in [0.1, 0.15) is 5.56 Å². The van der Waals surface area contributed by atoms with Gasteiger partial charge in [-0.15, -0.1) is 6.61 Å². The monoisotopic (exact) mass is 164 g/mol. The predicted molar refractivity (Wildman–Crippen MR) is 35.2 cm³/mol. The molecule has 0 atom stereocenters. The molecule has 1 nitrogen and oxygen atoms in total. The van der Waals surface area contributed by atoms with Crippen LogP contribution in [0.25, 0.3) is 0 Å². The minimum Gasteiger partial charge on any atom is -0.851 e. The molecule has 1 aromatic rings. The maximum Gasteiger partial charge on any atom is 1.00 e. The van der Waals surface area contributed by atoms with Crippen molar-refractivity contribution in [2.75, 3.05) is 0 Å². The first-order valence-electron chi connectivity index (χ1n) is 2.65. The second kappa shape index (κ2) is 5.16. The zero-order valence-electron chi connectivity index (χ0n) is 5.80. The fourth-order valence-corrected chi connectivity index (χ4v) is 0.707. The van der Waals surface area contributed by atoms with Gasteiger partial charge in [0, 0.05) is 5.02 Å². The summed E-state index contributed by atoms with van der Waals surface area (Å²) in [6.45, 7) is -0.169. The van der Waals surface area contributed by atoms with Crippen LogP contribution < -0.4 is 34.7 Å². The largest absolute Gasteiger partial charge is 1.00 e. The van der Waals surface area contributed by atoms with Gasteiger partial charge in [-0.2, -0.15) is 0 Å². The van der Waals surface area contributed by atoms with Crippen molar-refractivity contribution in [3.05, 3.63) is 34.9 Å². The molecular weight excluding hydrogens is 159 g/mol. The van der Waals surface area contributed by atoms with E-state index in [1.165, 1.54) is 0 Å². The van der Waals surface area contributed by atoms with Gasteiger partial charge in [-0.3, -0.25) is 0 Å². The first-order chi connectivity index (χ1) is 4.33. The van der Waals surface area contributed by atoms with E-state index in [1.807, 2.05) is 0 Å². The molecule has 0 saturated heterocycles. The molecule has 0 aromatic heterocycles. The van der Waals surface area contributed by atoms with E-state index in [1.54, 1.807) is 24.3 Å². The van der Waals surface area contributed by atoms with Gasteiger partial charge >= 0.3 is 29.6 Å². The summed E-state index contributed by atoms with van der Waals surface area (Å²) in [5.41, 5.74) is 0.777. The van der Waals surface area contributed by atoms with Gasteiger partial charge < -0.3 is 5.11 Å². The predicted octanol–water partition coefficient (Wildman–Crippen LogP) is -1.80. The Morgan fingerprint density at radius 2 is 1.70 bits per heavy atom. The van der Waals surface area contributed by atoms with Crippen molar-refractivity contribution in [2.45, 2.75) is 6.61 Å². The SMILES string of the molecule is [Na+].[O-]Cc1ccc(Cl)cc1. The van der Waals surface area contributed by atoms with Crippen LogP contribution in [0.2, 0.25) is 5.02 Å². The van der Waals surface area contributed by atoms with Crippen LogP contribution in [0.3, 0.4) is 0 Å². The summed E-state index contributed by atoms with van der Waals surface area (Å²) >= 11 is 5.57. The summed E-state index contributed by atoms with van der Waals surface area (Å²) in [5, 5.41) is 10.9. The van der Waals surface area contributed by atoms with Gasteiger partial charge in [0.15, 0.2) is 0 Å². The summed E-state index contributed by atoms with van der Waals surface area (Å²) in [7, 11) is 0. The van der Waals surface area contributed by atoms with Crippen molar-refractivity contribution in [2.24, 2.45) is 0 Å². The Kier molecular flexibility index (Phi) is 5.41. The van der Waals surface area contributed by atoms with E-state index in [0.717, 1.165) is 5.56 Å². The fourth-order valence-electron chi connectivity index (χ4n) is 0.581. The van der Waals surface area contributed by atoms with Gasteiger partial charge in [0.25, 0.3) is 0 Å². The minimum atomic E-state index is -0.169. The van der Waals surface area contributed by atoms with Crippen molar-refractivity contribution in [1.29, 1.82) is 0 Å². The van der Waals surface area contributed by atoms with Gasteiger partial charge in [-0.05, 0) is 12.1 Å². The van der Waals surface area contributed by atoms with Crippen LogP contribution in [-0.4, -0.2) is 0 Å². The van der Waals surface area contributed by atoms with Crippen molar-refractivity contribution >= 4 is 11.6 Å². The Balaban J connectivity index is 0.000000810. The third-order valence-electron chi connectivity index (χ3n) is 1.08. The second-order valence-electron chi connectivity index (χ2n) is 1.77. The second-order valence-corrected chi connectivity index (χ2v) is 2.21. The standard InChI is InChI=1S/C7H6ClO.Na/c8-7-3-1-6(5-9)2-4-7;/h1-4H,5H2;/q-1;+1. The van der Waals surface area contributed by atoms with E-state index in [2.05, 4.69) is 0 Å². The molecule has 0 aliphatic rings. The van der Waals surface area contributed by atoms with Gasteiger partial charge in [-0.25, -0.2) is 0 Å². The molecule has 0 bridgehead atoms. The van der Waals surface area contributed by atoms with E-state index < -0.39 is 0 Å². The van der Waals surface area contributed by atoms with Gasteiger partial charge in [-0.1, -0.05) is 29.3 Å². The zero-order valence-corrected chi connectivity index (χ0v) is 8.56. The molecule has 0 spiro atoms. The first kappa shape index (κ1) is 10.5. The average Bonchev–Trinajstić information content (AvgIpc) is 1.90. The quantitative estimate of drug-likeness (QED) is 0.450. The van der Waals surface area contributed by atoms with Gasteiger partial charge in [0.05, 0.1) is 0 Å². The first-order valence-corrected chi connectivity index (χ1v) is 3.03. The summed E-state index contributed by atoms with van der Waals surface area (Å²) in [5.74, 6) is 0. The molecule has 3 heteroatoms. The van der Waals surface area contributed by atoms with E-state index >= 15 is 0 Å². The van der Waals surface area contributed by atoms with Crippen molar-refractivity contribution in [3.63, 3.8) is 0 Å². The molecule has 0 N–H and O–H groups in total. The number of halogens is 1. The molecule has 0 fully saturated rings. The molecule has 0 amide bonds. The molecule has 0 radical (unpaired) electrons. The van der Waals surface area contributed by atoms with Gasteiger partial charge in [0.1, 0.15) is 0 Å². The maximum atomic E-state index is 10.2. The van der Waals surface area contributed by atoms with Crippen LogP contribution in [0.15, 0.2) is 24.3 Å². The number of rotatable bonds is 1. The molecule has 0 unspecified atom stereocenters. The van der Waals surface area contributed by atoms with Crippen LogP contribution in [0, 0.1) is 0 Å². The Labute approximate surface area is 87.3 Å². The molecule has 1 rings (SSSR count). The van der Waals surface area contributed by atoms with Crippen LogP contribution in [0.4, 0.5) is 0 Å². The molecular formula is C7H6ClNaO. The number of benzene rings is 1. The molecule has 10 heavy (non-hydrogen) atoms. The molecule has 1 aromatic carbocycles. The van der Waals surface area contributed by atoms with E-state index in [-0.39, 0.29) is 36.2 Å². The zero-order chi connectivity index (χ0) is 6.69. The molecule has 0 aliphatic carbocycles. The molecule has 48 valence electrons. The topological polar surface area (TPSA) is 23.1 Å². The van der Waals surface area contributed by atoms with Crippen LogP contribution >= 0.6 is 11.6 Å². The summed E-state index contributed by atoms with van der Waals surface area (Å²) in [6, 6.07) is 6.90. The van der Waals surface area contributed by atoms with E-state index in [4.69, 9.17) is 11.6 Å². The molecule has 0 aliphatic heterocycles. The van der Waals surface area contributed by atoms with Crippen molar-refractivity contribution in [3.8, 4) is 0 Å². The van der Waals surface area contributed by atoms with E-state index in [0.29, 0.717) is 5.02 Å². The normalized spacial score (nSPS) is 8.60. The summed E-state index contributed by atoms with van der Waals surface area (Å²) in [6.07, 6.45) is 0. The fraction of sp³-hybridized carbons (Fsp3) is 0.143. The van der Waals surface area contributed by atoms with Crippen molar-refractivity contribution in [1.82, 2.24) is 0 Å². The minimum absolute atomic E-state index is 0. The molecule has 0 saturated carbocycles. The van der Waals surface area contributed by atoms with Crippen LogP contribution in [-0.2, 0) is 6.61 Å². The maximum absolute atomic E-state index is 10.2. The third kappa shape index (κ3) is 3.04. The Bertz CT molecular complexity index is 185. The smallest absolute Gasteiger partial charge is 0.851 e. The Morgan fingerprint density at radius 1 is 1.20 bits per heavy atom. The number of hydrogen-bond acceptors (Lipinski definition) is 1. The Morgan fingerprint density at radius 3 is 2.10 bits per heavy atom. The third-order valence-corrected chi connectivity index (χ3v) is 1.33. The molecule has 0 heterocycles. The Hall–Kier alpha value is 0.470. The van der Waals surface area contributed by atoms with Crippen molar-refractivity contribution < 1.29 is 34.7 Å². The summed E-state index contributed by atoms with van der Waals surface area (Å²) in [4.78, 5) is 0. The van der Waals surface area contributed by atoms with Gasteiger partial charge in [0.2, 0.25) is 0 Å². The van der Waals surface area contributed by atoms with E-state index in [9.17, 15) is 5.11 Å². The average molecular weight is 165 g/mol. The van der Waals surface area contributed by atoms with Crippen LogP contribution in [0.5, 0.6) is 0 Å².